The highest BCUT2D eigenvalue weighted by molar-refractivity contribution is 6.85. The van der Waals surface area contributed by atoms with Crippen LogP contribution in [0.4, 0.5) is 0 Å². The summed E-state index contributed by atoms with van der Waals surface area (Å²) >= 11 is 0. The second-order valence-corrected chi connectivity index (χ2v) is 8.34. The van der Waals surface area contributed by atoms with Crippen LogP contribution < -0.4 is 10.9 Å². The smallest absolute Gasteiger partial charge is 0.209 e. The van der Waals surface area contributed by atoms with Crippen molar-refractivity contribution in [3.63, 3.8) is 0 Å². The maximum atomic E-state index is 4.28. The summed E-state index contributed by atoms with van der Waals surface area (Å²) in [7, 11) is 0. The zero-order chi connectivity index (χ0) is 21.8. The molecule has 0 amide bonds. The highest BCUT2D eigenvalue weighted by atomic mass is 14.9. The summed E-state index contributed by atoms with van der Waals surface area (Å²) in [6.45, 7) is 11.4. The number of hydrogen-bond donors (Lipinski definition) is 1. The second-order valence-electron chi connectivity index (χ2n) is 8.34. The molecule has 0 atom stereocenters. The van der Waals surface area contributed by atoms with Crippen LogP contribution in [0.1, 0.15) is 70.7 Å². The Morgan fingerprint density at radius 2 is 1.40 bits per heavy atom. The molecule has 3 aromatic rings. The van der Waals surface area contributed by atoms with Crippen molar-refractivity contribution in [2.75, 3.05) is 0 Å². The van der Waals surface area contributed by atoms with Crippen LogP contribution in [-0.4, -0.2) is 16.7 Å². The van der Waals surface area contributed by atoms with Crippen LogP contribution in [0.25, 0.3) is 0 Å². The van der Waals surface area contributed by atoms with Crippen molar-refractivity contribution in [1.29, 1.82) is 0 Å². The average Bonchev–Trinajstić information content (AvgIpc) is 3.26. The van der Waals surface area contributed by atoms with E-state index in [1.54, 1.807) is 6.33 Å². The lowest BCUT2D eigenvalue weighted by molar-refractivity contribution is 0.759. The number of benzene rings is 2. The molecule has 0 spiro atoms. The van der Waals surface area contributed by atoms with E-state index in [0.29, 0.717) is 18.5 Å². The number of H-pyrrole nitrogens is 1. The molecule has 0 unspecified atom stereocenters. The number of imidazole rings is 1. The van der Waals surface area contributed by atoms with E-state index < -0.39 is 0 Å². The zero-order valence-electron chi connectivity index (χ0n) is 19.3. The fourth-order valence-corrected chi connectivity index (χ4v) is 3.68. The minimum Gasteiger partial charge on any atom is -0.348 e. The van der Waals surface area contributed by atoms with Gasteiger partial charge in [0.2, 0.25) is 6.71 Å². The second kappa shape index (κ2) is 12.9. The highest BCUT2D eigenvalue weighted by Gasteiger charge is 2.17. The Kier molecular flexibility index (Phi) is 10.2. The summed E-state index contributed by atoms with van der Waals surface area (Å²) < 4.78 is 0. The van der Waals surface area contributed by atoms with Crippen LogP contribution in [-0.2, 0) is 0 Å². The Bertz CT molecular complexity index is 789. The minimum atomic E-state index is 0.504. The molecule has 1 N–H and O–H groups in total. The molecule has 0 aliphatic rings. The van der Waals surface area contributed by atoms with E-state index >= 15 is 0 Å². The normalized spacial score (nSPS) is 11.0. The Hall–Kier alpha value is -2.55. The lowest BCUT2D eigenvalue weighted by Crippen LogP contribution is -2.41. The number of allylic oxidation sites excluding steroid dienone is 2. The molecule has 0 fully saturated rings. The van der Waals surface area contributed by atoms with Crippen LogP contribution in [0.3, 0.4) is 0 Å². The molecular weight excluding hydrogens is 363 g/mol. The number of hydrogen-bond acceptors (Lipinski definition) is 1. The minimum absolute atomic E-state index is 0.504. The van der Waals surface area contributed by atoms with Gasteiger partial charge in [-0.2, -0.15) is 0 Å². The maximum Gasteiger partial charge on any atom is 0.209 e. The van der Waals surface area contributed by atoms with Gasteiger partial charge in [0.1, 0.15) is 0 Å². The molecule has 0 radical (unpaired) electrons. The van der Waals surface area contributed by atoms with Gasteiger partial charge in [0.25, 0.3) is 0 Å². The predicted molar refractivity (Wildman–Crippen MR) is 134 cm³/mol. The Morgan fingerprint density at radius 3 is 1.83 bits per heavy atom. The monoisotopic (exact) mass is 400 g/mol. The van der Waals surface area contributed by atoms with E-state index in [4.69, 9.17) is 0 Å². The molecule has 158 valence electrons. The van der Waals surface area contributed by atoms with Crippen molar-refractivity contribution in [3.05, 3.63) is 90.5 Å². The van der Waals surface area contributed by atoms with E-state index in [1.165, 1.54) is 28.6 Å². The highest BCUT2D eigenvalue weighted by Crippen LogP contribution is 2.21. The number of nitrogens with zero attached hydrogens (tertiary/aromatic N) is 1. The maximum absolute atomic E-state index is 4.28. The summed E-state index contributed by atoms with van der Waals surface area (Å²) in [5.41, 5.74) is 5.32. The van der Waals surface area contributed by atoms with Crippen molar-refractivity contribution in [2.45, 2.75) is 65.6 Å². The molecule has 2 aromatic carbocycles. The fourth-order valence-electron chi connectivity index (χ4n) is 3.68. The van der Waals surface area contributed by atoms with Gasteiger partial charge in [0, 0.05) is 5.69 Å². The molecule has 30 heavy (non-hydrogen) atoms. The number of aromatic nitrogens is 2. The van der Waals surface area contributed by atoms with E-state index in [-0.39, 0.29) is 0 Å². The first-order valence-corrected chi connectivity index (χ1v) is 11.3. The van der Waals surface area contributed by atoms with Crippen LogP contribution >= 0.6 is 0 Å². The van der Waals surface area contributed by atoms with Crippen molar-refractivity contribution in [1.82, 2.24) is 9.97 Å². The summed E-state index contributed by atoms with van der Waals surface area (Å²) in [4.78, 5) is 7.46. The van der Waals surface area contributed by atoms with Crippen LogP contribution in [0.15, 0.2) is 79.1 Å². The lowest BCUT2D eigenvalue weighted by atomic mass is 9.38. The molecule has 1 heterocycles. The lowest BCUT2D eigenvalue weighted by Gasteiger charge is -2.13. The Morgan fingerprint density at radius 1 is 0.833 bits per heavy atom. The largest absolute Gasteiger partial charge is 0.348 e. The van der Waals surface area contributed by atoms with Gasteiger partial charge in [0.05, 0.1) is 12.0 Å². The van der Waals surface area contributed by atoms with E-state index in [1.807, 2.05) is 0 Å². The summed E-state index contributed by atoms with van der Waals surface area (Å²) in [6, 6.07) is 21.6. The Balaban J connectivity index is 0.000000248. The van der Waals surface area contributed by atoms with E-state index in [9.17, 15) is 0 Å². The van der Waals surface area contributed by atoms with Gasteiger partial charge in [0.15, 0.2) is 0 Å². The van der Waals surface area contributed by atoms with Crippen molar-refractivity contribution in [2.24, 2.45) is 0 Å². The third kappa shape index (κ3) is 7.37. The van der Waals surface area contributed by atoms with Crippen LogP contribution in [0.5, 0.6) is 0 Å². The first kappa shape index (κ1) is 23.7. The molecule has 2 nitrogen and oxygen atoms in total. The summed E-state index contributed by atoms with van der Waals surface area (Å²) in [5.74, 6) is 1.08. The number of rotatable bonds is 8. The topological polar surface area (TPSA) is 28.7 Å². The van der Waals surface area contributed by atoms with Gasteiger partial charge in [-0.1, -0.05) is 125 Å². The van der Waals surface area contributed by atoms with E-state index in [2.05, 4.69) is 117 Å². The van der Waals surface area contributed by atoms with Crippen molar-refractivity contribution >= 4 is 17.6 Å². The molecule has 3 heteroatoms. The summed E-state index contributed by atoms with van der Waals surface area (Å²) in [6.07, 6.45) is 9.78. The first-order valence-electron chi connectivity index (χ1n) is 11.3. The molecule has 0 bridgehead atoms. The fraction of sp³-hybridized carbons (Fsp3) is 0.370. The molecule has 0 aliphatic carbocycles. The van der Waals surface area contributed by atoms with Gasteiger partial charge in [-0.3, -0.25) is 0 Å². The van der Waals surface area contributed by atoms with Crippen molar-refractivity contribution in [3.8, 4) is 0 Å². The summed E-state index contributed by atoms with van der Waals surface area (Å²) in [5, 5.41) is 0. The number of aromatic amines is 1. The van der Waals surface area contributed by atoms with Gasteiger partial charge in [-0.15, -0.1) is 0 Å². The van der Waals surface area contributed by atoms with Gasteiger partial charge >= 0.3 is 0 Å². The standard InChI is InChI=1S/C18H21B.C9H16N2/c1-2-3-4-11-16-19(17-12-7-5-8-13-17)18-14-9-6-10-15-18;1-6(2)8-9(7(3)4)11-5-10-8/h3-10,12-15H,2,11,16H2,1H3;5-7H,1-4H3,(H,10,11). The van der Waals surface area contributed by atoms with Crippen molar-refractivity contribution < 1.29 is 0 Å². The Labute approximate surface area is 183 Å². The van der Waals surface area contributed by atoms with Crippen LogP contribution in [0, 0.1) is 0 Å². The van der Waals surface area contributed by atoms with E-state index in [0.717, 1.165) is 12.8 Å². The first-order chi connectivity index (χ1) is 14.5. The van der Waals surface area contributed by atoms with Gasteiger partial charge in [-0.05, 0) is 24.7 Å². The molecule has 1 aromatic heterocycles. The molecule has 0 saturated heterocycles. The third-order valence-electron chi connectivity index (χ3n) is 5.25. The molecule has 3 rings (SSSR count). The van der Waals surface area contributed by atoms with Gasteiger partial charge in [-0.25, -0.2) is 4.98 Å². The number of nitrogens with one attached hydrogen (secondary N) is 1. The SMILES string of the molecule is CC(C)c1nc[nH]c1C(C)C.CCC=CCCB(c1ccccc1)c1ccccc1. The zero-order valence-corrected chi connectivity index (χ0v) is 19.3. The van der Waals surface area contributed by atoms with Gasteiger partial charge < -0.3 is 4.98 Å². The molecular formula is C27H37BN2. The molecule has 0 saturated carbocycles. The molecule has 0 aliphatic heterocycles. The predicted octanol–water partition coefficient (Wildman–Crippen LogP) is 6.31. The van der Waals surface area contributed by atoms with Crippen LogP contribution in [0.2, 0.25) is 6.32 Å². The third-order valence-corrected chi connectivity index (χ3v) is 5.25. The average molecular weight is 400 g/mol. The quantitative estimate of drug-likeness (QED) is 0.348.